The summed E-state index contributed by atoms with van der Waals surface area (Å²) in [5.74, 6) is 1.09. The molecule has 3 aromatic heterocycles. The van der Waals surface area contributed by atoms with Crippen molar-refractivity contribution in [1.82, 2.24) is 14.5 Å². The second-order valence-electron chi connectivity index (χ2n) is 21.4. The quantitative estimate of drug-likeness (QED) is 0.118. The first-order valence-corrected chi connectivity index (χ1v) is 27.8. The van der Waals surface area contributed by atoms with E-state index in [4.69, 9.17) is 9.40 Å². The molecule has 0 fully saturated rings. The molecule has 0 aliphatic heterocycles. The van der Waals surface area contributed by atoms with Gasteiger partial charge in [0, 0.05) is 43.2 Å². The molecule has 355 valence electrons. The Hall–Kier alpha value is -6.24. The smallest absolute Gasteiger partial charge is 0.120 e. The SMILES string of the molecule is CC(C)c1cc(-c2ccc3c(c2)C(C)(C)C(C)(C)c2ccccc2-3)cc(C(C)C)c1-n1c(-c2[c-]ccc3c2oc2ccccc23)nc2ccccc21.C[Si](C)(C)c1ccnc(-c2[c-]cc(F)cc2)c1.[Ir]. The zero-order valence-corrected chi connectivity index (χ0v) is 45.4. The molecule has 0 atom stereocenters. The van der Waals surface area contributed by atoms with E-state index in [1.54, 1.807) is 6.07 Å². The Kier molecular flexibility index (Phi) is 12.9. The molecule has 0 N–H and O–H groups in total. The van der Waals surface area contributed by atoms with Crippen molar-refractivity contribution >= 4 is 46.2 Å². The van der Waals surface area contributed by atoms with Gasteiger partial charge in [0.05, 0.1) is 30.5 Å². The second-order valence-corrected chi connectivity index (χ2v) is 26.5. The third-order valence-corrected chi connectivity index (χ3v) is 17.0. The molecule has 3 heterocycles. The maximum absolute atomic E-state index is 12.8. The van der Waals surface area contributed by atoms with Crippen LogP contribution >= 0.6 is 0 Å². The van der Waals surface area contributed by atoms with E-state index < -0.39 is 8.07 Å². The van der Waals surface area contributed by atoms with E-state index in [-0.39, 0.29) is 48.6 Å². The van der Waals surface area contributed by atoms with Crippen LogP contribution in [0, 0.1) is 17.9 Å². The molecule has 70 heavy (non-hydrogen) atoms. The Morgan fingerprint density at radius 3 is 2.04 bits per heavy atom. The number of hydrogen-bond acceptors (Lipinski definition) is 3. The topological polar surface area (TPSA) is 43.9 Å². The number of pyridine rings is 1. The zero-order chi connectivity index (χ0) is 48.6. The van der Waals surface area contributed by atoms with E-state index in [1.807, 2.05) is 24.4 Å². The first kappa shape index (κ1) is 48.8. The summed E-state index contributed by atoms with van der Waals surface area (Å²) < 4.78 is 21.8. The van der Waals surface area contributed by atoms with Gasteiger partial charge in [-0.15, -0.1) is 48.0 Å². The van der Waals surface area contributed by atoms with Crippen molar-refractivity contribution in [2.75, 3.05) is 0 Å². The fourth-order valence-corrected chi connectivity index (χ4v) is 11.4. The maximum atomic E-state index is 12.8. The minimum atomic E-state index is -1.34. The zero-order valence-electron chi connectivity index (χ0n) is 42.0. The molecule has 1 radical (unpaired) electrons. The number of fused-ring (bicyclic) bond motifs is 7. The van der Waals surface area contributed by atoms with Crippen molar-refractivity contribution in [2.24, 2.45) is 0 Å². The standard InChI is InChI=1S/C49H45N2O.C14H15FNSi.Ir/c1-29(2)38-26-32(31-24-25-34-33-16-9-11-20-40(33)48(5,6)49(7,8)41(34)28-31)27-39(30(3)4)45(38)51-43-22-13-12-21-42(43)50-47(51)37-19-15-18-36-35-17-10-14-23-44(35)52-46(36)37;1-17(2,3)13-8-9-16-14(10-13)11-4-6-12(15)7-5-11;/h9-18,20-30H,1-8H3;4,6-10H,1-3H3;/q2*-1;. The van der Waals surface area contributed by atoms with Crippen LogP contribution in [0.2, 0.25) is 19.6 Å². The van der Waals surface area contributed by atoms with Gasteiger partial charge in [-0.25, -0.2) is 0 Å². The van der Waals surface area contributed by atoms with Crippen LogP contribution in [0.15, 0.2) is 156 Å². The Bertz CT molecular complexity index is 3540. The number of furan rings is 1. The number of imidazole rings is 1. The second kappa shape index (κ2) is 18.5. The average Bonchev–Trinajstić information content (AvgIpc) is 3.92. The fourth-order valence-electron chi connectivity index (χ4n) is 10.3. The summed E-state index contributed by atoms with van der Waals surface area (Å²) in [6.45, 7) is 25.8. The number of nitrogens with zero attached hydrogens (tertiary/aromatic N) is 3. The number of benzene rings is 7. The minimum absolute atomic E-state index is 0. The number of para-hydroxylation sites is 3. The van der Waals surface area contributed by atoms with Gasteiger partial charge >= 0.3 is 0 Å². The van der Waals surface area contributed by atoms with Crippen molar-refractivity contribution in [2.45, 2.75) is 97.7 Å². The molecule has 1 aliphatic carbocycles. The molecule has 7 aromatic carbocycles. The van der Waals surface area contributed by atoms with Crippen molar-refractivity contribution in [3.05, 3.63) is 192 Å². The van der Waals surface area contributed by atoms with E-state index in [2.05, 4.69) is 206 Å². The summed E-state index contributed by atoms with van der Waals surface area (Å²) in [6, 6.07) is 57.0. The van der Waals surface area contributed by atoms with Crippen molar-refractivity contribution < 1.29 is 28.9 Å². The molecular formula is C63H60FIrN3OSi-2. The first-order valence-electron chi connectivity index (χ1n) is 24.3. The Morgan fingerprint density at radius 1 is 0.657 bits per heavy atom. The first-order chi connectivity index (χ1) is 32.9. The molecule has 11 rings (SSSR count). The molecule has 4 nitrogen and oxygen atoms in total. The minimum Gasteiger partial charge on any atom is -0.501 e. The van der Waals surface area contributed by atoms with Gasteiger partial charge < -0.3 is 14.0 Å². The number of halogens is 1. The Labute approximate surface area is 427 Å². The normalized spacial score (nSPS) is 13.8. The van der Waals surface area contributed by atoms with Crippen LogP contribution in [-0.2, 0) is 30.9 Å². The largest absolute Gasteiger partial charge is 0.501 e. The summed E-state index contributed by atoms with van der Waals surface area (Å²) >= 11 is 0. The molecule has 0 unspecified atom stereocenters. The predicted molar refractivity (Wildman–Crippen MR) is 289 cm³/mol. The maximum Gasteiger partial charge on any atom is 0.120 e. The van der Waals surface area contributed by atoms with E-state index in [0.29, 0.717) is 0 Å². The van der Waals surface area contributed by atoms with Crippen LogP contribution in [0.1, 0.15) is 89.5 Å². The number of hydrogen-bond donors (Lipinski definition) is 0. The summed E-state index contributed by atoms with van der Waals surface area (Å²) in [4.78, 5) is 9.65. The fraction of sp³-hybridized carbons (Fsp3) is 0.238. The summed E-state index contributed by atoms with van der Waals surface area (Å²) in [7, 11) is -1.34. The van der Waals surface area contributed by atoms with Crippen molar-refractivity contribution in [3.63, 3.8) is 0 Å². The third kappa shape index (κ3) is 8.40. The monoisotopic (exact) mass is 1110 g/mol. The predicted octanol–water partition coefficient (Wildman–Crippen LogP) is 16.8. The van der Waals surface area contributed by atoms with Gasteiger partial charge in [-0.3, -0.25) is 9.37 Å². The van der Waals surface area contributed by atoms with Gasteiger partial charge in [-0.05, 0) is 115 Å². The van der Waals surface area contributed by atoms with Crippen LogP contribution in [-0.4, -0.2) is 22.6 Å². The molecule has 0 amide bonds. The molecule has 0 spiro atoms. The van der Waals surface area contributed by atoms with Crippen LogP contribution in [0.5, 0.6) is 0 Å². The molecular weight excluding hydrogens is 1050 g/mol. The molecule has 7 heteroatoms. The van der Waals surface area contributed by atoms with E-state index in [0.717, 1.165) is 55.6 Å². The van der Waals surface area contributed by atoms with Gasteiger partial charge in [0.15, 0.2) is 0 Å². The van der Waals surface area contributed by atoms with Crippen molar-refractivity contribution in [1.29, 1.82) is 0 Å². The molecule has 1 aliphatic rings. The van der Waals surface area contributed by atoms with Crippen molar-refractivity contribution in [3.8, 4) is 50.6 Å². The Balaban J connectivity index is 0.000000286. The molecule has 10 aromatic rings. The van der Waals surface area contributed by atoms with Crippen LogP contribution in [0.4, 0.5) is 4.39 Å². The summed E-state index contributed by atoms with van der Waals surface area (Å²) in [6.07, 6.45) is 1.82. The molecule has 0 bridgehead atoms. The Morgan fingerprint density at radius 2 is 1.33 bits per heavy atom. The van der Waals surface area contributed by atoms with Gasteiger partial charge in [0.1, 0.15) is 5.58 Å². The summed E-state index contributed by atoms with van der Waals surface area (Å²) in [5.41, 5.74) is 18.0. The van der Waals surface area contributed by atoms with Crippen LogP contribution < -0.4 is 5.19 Å². The number of rotatable bonds is 7. The third-order valence-electron chi connectivity index (χ3n) is 14.9. The average molecular weight is 1110 g/mol. The molecule has 0 saturated carbocycles. The van der Waals surface area contributed by atoms with Gasteiger partial charge in [0.2, 0.25) is 0 Å². The van der Waals surface area contributed by atoms with E-state index in [1.165, 1.54) is 67.5 Å². The number of aromatic nitrogens is 3. The van der Waals surface area contributed by atoms with E-state index >= 15 is 0 Å². The van der Waals surface area contributed by atoms with Gasteiger partial charge in [0.25, 0.3) is 0 Å². The summed E-state index contributed by atoms with van der Waals surface area (Å²) in [5, 5.41) is 3.53. The van der Waals surface area contributed by atoms with Crippen LogP contribution in [0.3, 0.4) is 0 Å². The van der Waals surface area contributed by atoms with Gasteiger partial charge in [-0.2, -0.15) is 0 Å². The van der Waals surface area contributed by atoms with Crippen LogP contribution in [0.25, 0.3) is 83.6 Å². The molecule has 0 saturated heterocycles. The van der Waals surface area contributed by atoms with Gasteiger partial charge in [-0.1, -0.05) is 164 Å². The van der Waals surface area contributed by atoms with E-state index in [9.17, 15) is 4.39 Å².